The van der Waals surface area contributed by atoms with Gasteiger partial charge in [-0.25, -0.2) is 17.8 Å². The van der Waals surface area contributed by atoms with E-state index in [0.717, 1.165) is 11.3 Å². The summed E-state index contributed by atoms with van der Waals surface area (Å²) < 4.78 is 28.5. The Kier molecular flexibility index (Phi) is 3.79. The first-order chi connectivity index (χ1) is 10.6. The van der Waals surface area contributed by atoms with Crippen LogP contribution in [-0.2, 0) is 10.0 Å². The van der Waals surface area contributed by atoms with Crippen LogP contribution in [0.1, 0.15) is 0 Å². The lowest BCUT2D eigenvalue weighted by Gasteiger charge is -2.02. The molecule has 0 saturated heterocycles. The Bertz CT molecular complexity index is 872. The lowest BCUT2D eigenvalue weighted by atomic mass is 10.2. The molecular formula is C16H15N3O2S. The Balaban J connectivity index is 2.22. The summed E-state index contributed by atoms with van der Waals surface area (Å²) in [5.74, 6) is 0. The van der Waals surface area contributed by atoms with Crippen molar-refractivity contribution in [1.82, 2.24) is 14.5 Å². The predicted molar refractivity (Wildman–Crippen MR) is 85.2 cm³/mol. The minimum atomic E-state index is -3.60. The molecule has 3 aromatic rings. The summed E-state index contributed by atoms with van der Waals surface area (Å²) in [5, 5.41) is 4.46. The molecule has 0 aliphatic rings. The van der Waals surface area contributed by atoms with Gasteiger partial charge in [0.25, 0.3) is 0 Å². The van der Waals surface area contributed by atoms with Crippen LogP contribution in [0.5, 0.6) is 0 Å². The molecule has 0 radical (unpaired) electrons. The molecule has 6 heteroatoms. The van der Waals surface area contributed by atoms with Crippen molar-refractivity contribution in [3.05, 3.63) is 66.9 Å². The van der Waals surface area contributed by atoms with Crippen LogP contribution < -0.4 is 4.72 Å². The maximum Gasteiger partial charge on any atom is 0.244 e. The summed E-state index contributed by atoms with van der Waals surface area (Å²) in [5.41, 5.74) is 1.99. The van der Waals surface area contributed by atoms with Crippen molar-refractivity contribution in [3.63, 3.8) is 0 Å². The first kappa shape index (κ1) is 14.5. The van der Waals surface area contributed by atoms with Crippen LogP contribution >= 0.6 is 0 Å². The summed E-state index contributed by atoms with van der Waals surface area (Å²) in [6.45, 7) is 0. The first-order valence-electron chi connectivity index (χ1n) is 6.76. The van der Waals surface area contributed by atoms with Gasteiger partial charge in [0.1, 0.15) is 10.6 Å². The number of para-hydroxylation sites is 1. The van der Waals surface area contributed by atoms with Crippen LogP contribution in [0.4, 0.5) is 0 Å². The van der Waals surface area contributed by atoms with Crippen LogP contribution in [-0.4, -0.2) is 25.2 Å². The van der Waals surface area contributed by atoms with Gasteiger partial charge >= 0.3 is 0 Å². The second-order valence-corrected chi connectivity index (χ2v) is 6.55. The normalized spacial score (nSPS) is 11.5. The van der Waals surface area contributed by atoms with Gasteiger partial charge in [-0.1, -0.05) is 48.5 Å². The van der Waals surface area contributed by atoms with E-state index in [1.807, 2.05) is 60.7 Å². The zero-order valence-corrected chi connectivity index (χ0v) is 12.8. The number of sulfonamides is 1. The third-order valence-corrected chi connectivity index (χ3v) is 4.72. The summed E-state index contributed by atoms with van der Waals surface area (Å²) in [6.07, 6.45) is 1.53. The van der Waals surface area contributed by atoms with Crippen LogP contribution in [0.25, 0.3) is 16.9 Å². The smallest absolute Gasteiger partial charge is 0.239 e. The average Bonchev–Trinajstić information content (AvgIpc) is 3.03. The average molecular weight is 313 g/mol. The fourth-order valence-electron chi connectivity index (χ4n) is 2.17. The molecule has 0 fully saturated rings. The van der Waals surface area contributed by atoms with Crippen molar-refractivity contribution in [2.24, 2.45) is 0 Å². The predicted octanol–water partition coefficient (Wildman–Crippen LogP) is 2.45. The zero-order chi connectivity index (χ0) is 15.6. The molecule has 0 atom stereocenters. The van der Waals surface area contributed by atoms with E-state index in [1.165, 1.54) is 13.2 Å². The van der Waals surface area contributed by atoms with Crippen molar-refractivity contribution in [3.8, 4) is 16.9 Å². The van der Waals surface area contributed by atoms with Gasteiger partial charge in [0.15, 0.2) is 0 Å². The highest BCUT2D eigenvalue weighted by Crippen LogP contribution is 2.26. The van der Waals surface area contributed by atoms with E-state index in [-0.39, 0.29) is 4.90 Å². The standard InChI is InChI=1S/C16H15N3O2S/c1-17-22(20,21)15-12-19(14-10-6-3-7-11-14)18-16(15)13-8-4-2-5-9-13/h2-12,17H,1H3. The molecule has 0 amide bonds. The van der Waals surface area contributed by atoms with E-state index in [4.69, 9.17) is 0 Å². The number of benzene rings is 2. The number of hydrogen-bond acceptors (Lipinski definition) is 3. The van der Waals surface area contributed by atoms with E-state index < -0.39 is 10.0 Å². The maximum atomic E-state index is 12.3. The van der Waals surface area contributed by atoms with Gasteiger partial charge < -0.3 is 0 Å². The highest BCUT2D eigenvalue weighted by molar-refractivity contribution is 7.89. The Morgan fingerprint density at radius 1 is 0.955 bits per heavy atom. The van der Waals surface area contributed by atoms with Crippen molar-refractivity contribution in [1.29, 1.82) is 0 Å². The molecule has 112 valence electrons. The lowest BCUT2D eigenvalue weighted by molar-refractivity contribution is 0.588. The first-order valence-corrected chi connectivity index (χ1v) is 8.24. The molecule has 1 aromatic heterocycles. The van der Waals surface area contributed by atoms with Gasteiger partial charge in [0, 0.05) is 5.56 Å². The lowest BCUT2D eigenvalue weighted by Crippen LogP contribution is -2.18. The summed E-state index contributed by atoms with van der Waals surface area (Å²) in [6, 6.07) is 18.7. The van der Waals surface area contributed by atoms with Crippen molar-refractivity contribution >= 4 is 10.0 Å². The van der Waals surface area contributed by atoms with Gasteiger partial charge in [0.05, 0.1) is 11.9 Å². The van der Waals surface area contributed by atoms with E-state index in [2.05, 4.69) is 9.82 Å². The molecule has 5 nitrogen and oxygen atoms in total. The quantitative estimate of drug-likeness (QED) is 0.804. The van der Waals surface area contributed by atoms with Crippen LogP contribution in [0, 0.1) is 0 Å². The molecule has 0 saturated carbocycles. The highest BCUT2D eigenvalue weighted by Gasteiger charge is 2.22. The Labute approximate surface area is 129 Å². The number of hydrogen-bond donors (Lipinski definition) is 1. The molecule has 3 rings (SSSR count). The maximum absolute atomic E-state index is 12.3. The molecule has 1 heterocycles. The minimum absolute atomic E-state index is 0.157. The number of nitrogens with one attached hydrogen (secondary N) is 1. The molecular weight excluding hydrogens is 298 g/mol. The Hall–Kier alpha value is -2.44. The van der Waals surface area contributed by atoms with Crippen molar-refractivity contribution < 1.29 is 8.42 Å². The number of aromatic nitrogens is 2. The summed E-state index contributed by atoms with van der Waals surface area (Å²) >= 11 is 0. The fraction of sp³-hybridized carbons (Fsp3) is 0.0625. The van der Waals surface area contributed by atoms with Gasteiger partial charge in [-0.15, -0.1) is 0 Å². The second kappa shape index (κ2) is 5.75. The van der Waals surface area contributed by atoms with Gasteiger partial charge in [0.2, 0.25) is 10.0 Å². The second-order valence-electron chi connectivity index (χ2n) is 4.70. The Morgan fingerprint density at radius 2 is 1.55 bits per heavy atom. The highest BCUT2D eigenvalue weighted by atomic mass is 32.2. The molecule has 0 aliphatic carbocycles. The molecule has 22 heavy (non-hydrogen) atoms. The van der Waals surface area contributed by atoms with Gasteiger partial charge in [-0.05, 0) is 19.2 Å². The topological polar surface area (TPSA) is 64.0 Å². The Morgan fingerprint density at radius 3 is 2.14 bits per heavy atom. The van der Waals surface area contributed by atoms with Crippen molar-refractivity contribution in [2.45, 2.75) is 4.90 Å². The van der Waals surface area contributed by atoms with Gasteiger partial charge in [-0.3, -0.25) is 0 Å². The molecule has 0 bridgehead atoms. The van der Waals surface area contributed by atoms with Crippen LogP contribution in [0.2, 0.25) is 0 Å². The number of nitrogens with zero attached hydrogens (tertiary/aromatic N) is 2. The molecule has 2 aromatic carbocycles. The van der Waals surface area contributed by atoms with E-state index in [0.29, 0.717) is 5.69 Å². The SMILES string of the molecule is CNS(=O)(=O)c1cn(-c2ccccc2)nc1-c1ccccc1. The molecule has 0 spiro atoms. The van der Waals surface area contributed by atoms with E-state index in [9.17, 15) is 8.42 Å². The monoisotopic (exact) mass is 313 g/mol. The largest absolute Gasteiger partial charge is 0.244 e. The summed E-state index contributed by atoms with van der Waals surface area (Å²) in [4.78, 5) is 0.157. The molecule has 1 N–H and O–H groups in total. The molecule has 0 aliphatic heterocycles. The van der Waals surface area contributed by atoms with Crippen LogP contribution in [0.15, 0.2) is 71.8 Å². The minimum Gasteiger partial charge on any atom is -0.239 e. The van der Waals surface area contributed by atoms with Crippen LogP contribution in [0.3, 0.4) is 0 Å². The number of rotatable bonds is 4. The zero-order valence-electron chi connectivity index (χ0n) is 12.0. The third kappa shape index (κ3) is 2.66. The van der Waals surface area contributed by atoms with E-state index >= 15 is 0 Å². The summed E-state index contributed by atoms with van der Waals surface area (Å²) in [7, 11) is -2.20. The molecule has 0 unspecified atom stereocenters. The van der Waals surface area contributed by atoms with Crippen molar-refractivity contribution in [2.75, 3.05) is 7.05 Å². The van der Waals surface area contributed by atoms with E-state index in [1.54, 1.807) is 4.68 Å². The fourth-order valence-corrected chi connectivity index (χ4v) is 3.05. The third-order valence-electron chi connectivity index (χ3n) is 3.31. The van der Waals surface area contributed by atoms with Gasteiger partial charge in [-0.2, -0.15) is 5.10 Å².